The van der Waals surface area contributed by atoms with Crippen molar-refractivity contribution in [2.75, 3.05) is 0 Å². The van der Waals surface area contributed by atoms with Crippen LogP contribution in [0.15, 0.2) is 24.3 Å². The van der Waals surface area contributed by atoms with Crippen LogP contribution in [0.4, 0.5) is 0 Å². The van der Waals surface area contributed by atoms with Crippen LogP contribution in [0.25, 0.3) is 0 Å². The monoisotopic (exact) mass is 204 g/mol. The molecule has 1 aromatic carbocycles. The molecule has 0 aromatic heterocycles. The molecule has 0 radical (unpaired) electrons. The molecule has 2 rings (SSSR count). The Morgan fingerprint density at radius 3 is 2.73 bits per heavy atom. The zero-order valence-corrected chi connectivity index (χ0v) is 8.70. The Hall–Kier alpha value is -1.35. The van der Waals surface area contributed by atoms with Gasteiger partial charge < -0.3 is 11.5 Å². The first-order valence-corrected chi connectivity index (χ1v) is 5.32. The van der Waals surface area contributed by atoms with E-state index in [0.29, 0.717) is 6.42 Å². The maximum absolute atomic E-state index is 11.5. The molecule has 15 heavy (non-hydrogen) atoms. The zero-order chi connectivity index (χ0) is 10.9. The first-order valence-electron chi connectivity index (χ1n) is 5.32. The lowest BCUT2D eigenvalue weighted by Gasteiger charge is -2.26. The topological polar surface area (TPSA) is 69.1 Å². The third-order valence-electron chi connectivity index (χ3n) is 3.20. The number of hydrogen-bond acceptors (Lipinski definition) is 2. The van der Waals surface area contributed by atoms with Crippen LogP contribution in [0.1, 0.15) is 30.4 Å². The molecule has 1 unspecified atom stereocenters. The Morgan fingerprint density at radius 1 is 1.27 bits per heavy atom. The van der Waals surface area contributed by atoms with Crippen LogP contribution in [-0.4, -0.2) is 5.91 Å². The van der Waals surface area contributed by atoms with E-state index >= 15 is 0 Å². The van der Waals surface area contributed by atoms with E-state index in [4.69, 9.17) is 11.5 Å². The van der Waals surface area contributed by atoms with Gasteiger partial charge >= 0.3 is 0 Å². The maximum Gasteiger partial charge on any atom is 0.242 e. The van der Waals surface area contributed by atoms with Crippen LogP contribution in [-0.2, 0) is 16.8 Å². The highest BCUT2D eigenvalue weighted by molar-refractivity contribution is 5.86. The van der Waals surface area contributed by atoms with E-state index in [1.165, 1.54) is 0 Å². The molecule has 1 aliphatic carbocycles. The molecule has 1 amide bonds. The molecule has 0 heterocycles. The van der Waals surface area contributed by atoms with Gasteiger partial charge in [0.05, 0.1) is 0 Å². The lowest BCUT2D eigenvalue weighted by atomic mass is 9.85. The number of nitrogens with two attached hydrogens (primary N) is 2. The van der Waals surface area contributed by atoms with Gasteiger partial charge in [0.1, 0.15) is 5.54 Å². The van der Waals surface area contributed by atoms with Gasteiger partial charge in [0.25, 0.3) is 0 Å². The lowest BCUT2D eigenvalue weighted by Crippen LogP contribution is -2.49. The van der Waals surface area contributed by atoms with Crippen LogP contribution in [0.2, 0.25) is 0 Å². The minimum absolute atomic E-state index is 0.420. The van der Waals surface area contributed by atoms with Crippen molar-refractivity contribution in [3.05, 3.63) is 35.4 Å². The second-order valence-electron chi connectivity index (χ2n) is 4.20. The Bertz CT molecular complexity index is 389. The van der Waals surface area contributed by atoms with Gasteiger partial charge in [0.2, 0.25) is 5.91 Å². The van der Waals surface area contributed by atoms with Crippen LogP contribution in [0.5, 0.6) is 0 Å². The van der Waals surface area contributed by atoms with Crippen LogP contribution >= 0.6 is 0 Å². The van der Waals surface area contributed by atoms with Gasteiger partial charge in [-0.1, -0.05) is 30.7 Å². The molecule has 0 aliphatic heterocycles. The highest BCUT2D eigenvalue weighted by Crippen LogP contribution is 2.31. The maximum atomic E-state index is 11.5. The molecule has 0 fully saturated rings. The fraction of sp³-hybridized carbons (Fsp3) is 0.417. The van der Waals surface area contributed by atoms with Crippen molar-refractivity contribution in [1.82, 2.24) is 0 Å². The zero-order valence-electron chi connectivity index (χ0n) is 8.70. The predicted octanol–water partition coefficient (Wildman–Crippen LogP) is 1.05. The summed E-state index contributed by atoms with van der Waals surface area (Å²) in [6.07, 6.45) is 3.67. The van der Waals surface area contributed by atoms with E-state index in [1.807, 2.05) is 24.3 Å². The average molecular weight is 204 g/mol. The number of fused-ring (bicyclic) bond motifs is 1. The van der Waals surface area contributed by atoms with E-state index in [2.05, 4.69) is 0 Å². The Labute approximate surface area is 89.5 Å². The smallest absolute Gasteiger partial charge is 0.242 e. The lowest BCUT2D eigenvalue weighted by molar-refractivity contribution is -0.123. The highest BCUT2D eigenvalue weighted by Gasteiger charge is 2.36. The number of carbonyl (C=O) groups is 1. The summed E-state index contributed by atoms with van der Waals surface area (Å²) in [6, 6.07) is 7.84. The molecule has 3 heteroatoms. The predicted molar refractivity (Wildman–Crippen MR) is 59.1 cm³/mol. The molecule has 0 bridgehead atoms. The minimum Gasteiger partial charge on any atom is -0.368 e. The first kappa shape index (κ1) is 10.2. The molecule has 0 saturated carbocycles. The fourth-order valence-corrected chi connectivity index (χ4v) is 2.28. The molecule has 4 N–H and O–H groups in total. The van der Waals surface area contributed by atoms with Crippen molar-refractivity contribution in [2.24, 2.45) is 11.5 Å². The van der Waals surface area contributed by atoms with E-state index in [1.54, 1.807) is 0 Å². The summed E-state index contributed by atoms with van der Waals surface area (Å²) in [5, 5.41) is 0. The average Bonchev–Trinajstić information content (AvgIpc) is 2.40. The molecule has 0 saturated heterocycles. The van der Waals surface area contributed by atoms with E-state index < -0.39 is 11.4 Å². The Kier molecular flexibility index (Phi) is 2.49. The standard InChI is InChI=1S/C12H16N2O/c13-11(15)12(14)8-4-3-6-9-5-1-2-7-10(9)12/h1-2,5,7H,3-4,6,8,14H2,(H2,13,15). The number of benzene rings is 1. The Balaban J connectivity index is 2.55. The van der Waals surface area contributed by atoms with Gasteiger partial charge in [0, 0.05) is 0 Å². The largest absolute Gasteiger partial charge is 0.368 e. The number of amides is 1. The molecule has 1 atom stereocenters. The quantitative estimate of drug-likeness (QED) is 0.671. The summed E-state index contributed by atoms with van der Waals surface area (Å²) in [5.41, 5.74) is 12.7. The number of primary amides is 1. The van der Waals surface area contributed by atoms with Crippen LogP contribution < -0.4 is 11.5 Å². The van der Waals surface area contributed by atoms with Gasteiger partial charge in [-0.3, -0.25) is 4.79 Å². The van der Waals surface area contributed by atoms with Gasteiger partial charge in [-0.2, -0.15) is 0 Å². The third kappa shape index (κ3) is 1.63. The molecule has 0 spiro atoms. The van der Waals surface area contributed by atoms with Crippen molar-refractivity contribution in [2.45, 2.75) is 31.2 Å². The van der Waals surface area contributed by atoms with Crippen LogP contribution in [0.3, 0.4) is 0 Å². The summed E-state index contributed by atoms with van der Waals surface area (Å²) in [4.78, 5) is 11.5. The second kappa shape index (κ2) is 3.66. The molecular weight excluding hydrogens is 188 g/mol. The molecule has 80 valence electrons. The van der Waals surface area contributed by atoms with Crippen molar-refractivity contribution < 1.29 is 4.79 Å². The summed E-state index contributed by atoms with van der Waals surface area (Å²) < 4.78 is 0. The number of hydrogen-bond donors (Lipinski definition) is 2. The SMILES string of the molecule is NC(=O)C1(N)CCCCc2ccccc21. The summed E-state index contributed by atoms with van der Waals surface area (Å²) in [7, 11) is 0. The van der Waals surface area contributed by atoms with Gasteiger partial charge in [-0.05, 0) is 30.4 Å². The number of carbonyl (C=O) groups excluding carboxylic acids is 1. The molecular formula is C12H16N2O. The third-order valence-corrected chi connectivity index (χ3v) is 3.20. The van der Waals surface area contributed by atoms with Crippen molar-refractivity contribution >= 4 is 5.91 Å². The van der Waals surface area contributed by atoms with Crippen LogP contribution in [0, 0.1) is 0 Å². The van der Waals surface area contributed by atoms with Crippen molar-refractivity contribution in [3.63, 3.8) is 0 Å². The number of aryl methyl sites for hydroxylation is 1. The second-order valence-corrected chi connectivity index (χ2v) is 4.20. The van der Waals surface area contributed by atoms with Crippen molar-refractivity contribution in [1.29, 1.82) is 0 Å². The number of rotatable bonds is 1. The van der Waals surface area contributed by atoms with Gasteiger partial charge in [-0.25, -0.2) is 0 Å². The minimum atomic E-state index is -0.965. The first-order chi connectivity index (χ1) is 7.14. The molecule has 1 aliphatic rings. The summed E-state index contributed by atoms with van der Waals surface area (Å²) in [6.45, 7) is 0. The highest BCUT2D eigenvalue weighted by atomic mass is 16.1. The summed E-state index contributed by atoms with van der Waals surface area (Å²) >= 11 is 0. The van der Waals surface area contributed by atoms with E-state index in [9.17, 15) is 4.79 Å². The van der Waals surface area contributed by atoms with E-state index in [0.717, 1.165) is 30.4 Å². The Morgan fingerprint density at radius 2 is 2.00 bits per heavy atom. The molecule has 3 nitrogen and oxygen atoms in total. The molecule has 1 aromatic rings. The fourth-order valence-electron chi connectivity index (χ4n) is 2.28. The van der Waals surface area contributed by atoms with E-state index in [-0.39, 0.29) is 0 Å². The van der Waals surface area contributed by atoms with Gasteiger partial charge in [-0.15, -0.1) is 0 Å². The normalized spacial score (nSPS) is 25.4. The van der Waals surface area contributed by atoms with Crippen molar-refractivity contribution in [3.8, 4) is 0 Å². The summed E-state index contributed by atoms with van der Waals surface area (Å²) in [5.74, 6) is -0.420. The van der Waals surface area contributed by atoms with Gasteiger partial charge in [0.15, 0.2) is 0 Å².